The van der Waals surface area contributed by atoms with Gasteiger partial charge in [0.25, 0.3) is 11.8 Å². The number of furan rings is 1. The number of thiazole rings is 1. The molecule has 0 aliphatic carbocycles. The lowest BCUT2D eigenvalue weighted by molar-refractivity contribution is 0.0827. The largest absolute Gasteiger partial charge is 0.448 e. The van der Waals surface area contributed by atoms with E-state index >= 15 is 0 Å². The van der Waals surface area contributed by atoms with Gasteiger partial charge in [-0.1, -0.05) is 18.2 Å². The zero-order valence-corrected chi connectivity index (χ0v) is 16.1. The van der Waals surface area contributed by atoms with E-state index < -0.39 is 0 Å². The summed E-state index contributed by atoms with van der Waals surface area (Å²) < 4.78 is 6.77. The minimum absolute atomic E-state index is 0.132. The van der Waals surface area contributed by atoms with Crippen LogP contribution in [0.5, 0.6) is 0 Å². The third-order valence-electron chi connectivity index (χ3n) is 4.11. The minimum atomic E-state index is -0.387. The average Bonchev–Trinajstić information content (AvgIpc) is 3.34. The van der Waals surface area contributed by atoms with Crippen LogP contribution in [0.4, 0.5) is 5.69 Å². The lowest BCUT2D eigenvalue weighted by atomic mass is 10.2. The highest BCUT2D eigenvalue weighted by atomic mass is 32.1. The van der Waals surface area contributed by atoms with Crippen LogP contribution in [-0.2, 0) is 0 Å². The highest BCUT2D eigenvalue weighted by Gasteiger charge is 2.16. The number of fused-ring (bicyclic) bond motifs is 1. The topological polar surface area (TPSA) is 75.4 Å². The maximum atomic E-state index is 12.5. The second kappa shape index (κ2) is 7.28. The summed E-state index contributed by atoms with van der Waals surface area (Å²) in [4.78, 5) is 30.6. The normalized spacial score (nSPS) is 10.8. The number of carbonyl (C=O) groups is 2. The molecule has 2 amide bonds. The van der Waals surface area contributed by atoms with Crippen LogP contribution >= 0.6 is 11.3 Å². The molecule has 1 N–H and O–H groups in total. The van der Waals surface area contributed by atoms with Crippen LogP contribution in [0.25, 0.3) is 21.0 Å². The van der Waals surface area contributed by atoms with Gasteiger partial charge in [-0.2, -0.15) is 0 Å². The van der Waals surface area contributed by atoms with Crippen molar-refractivity contribution in [1.29, 1.82) is 0 Å². The van der Waals surface area contributed by atoms with Gasteiger partial charge in [-0.25, -0.2) is 4.98 Å². The molecule has 0 bridgehead atoms. The van der Waals surface area contributed by atoms with E-state index in [4.69, 9.17) is 4.42 Å². The zero-order chi connectivity index (χ0) is 19.7. The summed E-state index contributed by atoms with van der Waals surface area (Å²) in [6, 6.07) is 18.0. The number of rotatable bonds is 4. The number of hydrogen-bond acceptors (Lipinski definition) is 5. The Labute approximate surface area is 165 Å². The molecule has 0 fully saturated rings. The van der Waals surface area contributed by atoms with Gasteiger partial charge in [0, 0.05) is 25.3 Å². The van der Waals surface area contributed by atoms with Crippen molar-refractivity contribution in [3.05, 3.63) is 72.0 Å². The molecular weight excluding hydrogens is 374 g/mol. The lowest BCUT2D eigenvalue weighted by Crippen LogP contribution is -2.21. The van der Waals surface area contributed by atoms with Crippen LogP contribution in [0, 0.1) is 0 Å². The Morgan fingerprint density at radius 1 is 1.04 bits per heavy atom. The van der Waals surface area contributed by atoms with Gasteiger partial charge in [-0.3, -0.25) is 9.59 Å². The highest BCUT2D eigenvalue weighted by molar-refractivity contribution is 7.21. The van der Waals surface area contributed by atoms with E-state index in [1.165, 1.54) is 16.2 Å². The first-order valence-electron chi connectivity index (χ1n) is 8.60. The molecule has 0 unspecified atom stereocenters. The predicted octanol–water partition coefficient (Wildman–Crippen LogP) is 4.51. The molecule has 6 nitrogen and oxygen atoms in total. The summed E-state index contributed by atoms with van der Waals surface area (Å²) in [7, 11) is 3.36. The molecule has 0 saturated heterocycles. The molecule has 4 aromatic rings. The van der Waals surface area contributed by atoms with Crippen molar-refractivity contribution in [2.75, 3.05) is 19.4 Å². The standard InChI is InChI=1S/C21H17N3O3S/c1-24(2)21(26)13-6-5-7-14(12-13)22-19(25)16-10-11-17(27-16)20-23-15-8-3-4-9-18(15)28-20/h3-12H,1-2H3,(H,22,25). The Morgan fingerprint density at radius 3 is 2.64 bits per heavy atom. The van der Waals surface area contributed by atoms with Crippen molar-refractivity contribution in [1.82, 2.24) is 9.88 Å². The predicted molar refractivity (Wildman–Crippen MR) is 110 cm³/mol. The van der Waals surface area contributed by atoms with E-state index in [2.05, 4.69) is 10.3 Å². The molecule has 28 heavy (non-hydrogen) atoms. The van der Waals surface area contributed by atoms with E-state index in [0.717, 1.165) is 15.2 Å². The summed E-state index contributed by atoms with van der Waals surface area (Å²) >= 11 is 1.51. The average molecular weight is 391 g/mol. The first-order valence-corrected chi connectivity index (χ1v) is 9.42. The molecule has 0 atom stereocenters. The van der Waals surface area contributed by atoms with Gasteiger partial charge >= 0.3 is 0 Å². The summed E-state index contributed by atoms with van der Waals surface area (Å²) in [5.41, 5.74) is 1.92. The van der Waals surface area contributed by atoms with Gasteiger partial charge in [0.1, 0.15) is 0 Å². The van der Waals surface area contributed by atoms with Crippen LogP contribution in [0.15, 0.2) is 65.1 Å². The van der Waals surface area contributed by atoms with E-state index in [1.807, 2.05) is 24.3 Å². The third-order valence-corrected chi connectivity index (χ3v) is 5.16. The van der Waals surface area contributed by atoms with Crippen molar-refractivity contribution in [3.63, 3.8) is 0 Å². The van der Waals surface area contributed by atoms with E-state index in [0.29, 0.717) is 17.0 Å². The van der Waals surface area contributed by atoms with Gasteiger partial charge in [0.05, 0.1) is 10.2 Å². The molecule has 2 aromatic carbocycles. The summed E-state index contributed by atoms with van der Waals surface area (Å²) in [5, 5.41) is 3.48. The summed E-state index contributed by atoms with van der Waals surface area (Å²) in [5.74, 6) is 0.204. The summed E-state index contributed by atoms with van der Waals surface area (Å²) in [6.07, 6.45) is 0. The number of para-hydroxylation sites is 1. The van der Waals surface area contributed by atoms with Crippen molar-refractivity contribution in [2.24, 2.45) is 0 Å². The molecule has 4 rings (SSSR count). The molecule has 7 heteroatoms. The lowest BCUT2D eigenvalue weighted by Gasteiger charge is -2.11. The van der Waals surface area contributed by atoms with Gasteiger partial charge in [0.15, 0.2) is 16.5 Å². The SMILES string of the molecule is CN(C)C(=O)c1cccc(NC(=O)c2ccc(-c3nc4ccccc4s3)o2)c1. The zero-order valence-electron chi connectivity index (χ0n) is 15.3. The number of carbonyl (C=O) groups excluding carboxylic acids is 2. The minimum Gasteiger partial charge on any atom is -0.448 e. The Hall–Kier alpha value is -3.45. The number of anilines is 1. The fourth-order valence-corrected chi connectivity index (χ4v) is 3.66. The highest BCUT2D eigenvalue weighted by Crippen LogP contribution is 2.31. The maximum absolute atomic E-state index is 12.5. The Morgan fingerprint density at radius 2 is 1.86 bits per heavy atom. The smallest absolute Gasteiger partial charge is 0.291 e. The molecule has 0 spiro atoms. The van der Waals surface area contributed by atoms with Gasteiger partial charge in [-0.05, 0) is 42.5 Å². The first-order chi connectivity index (χ1) is 13.5. The molecular formula is C21H17N3O3S. The molecule has 0 aliphatic heterocycles. The van der Waals surface area contributed by atoms with Crippen molar-refractivity contribution in [2.45, 2.75) is 0 Å². The van der Waals surface area contributed by atoms with Crippen LogP contribution in [-0.4, -0.2) is 35.8 Å². The Balaban J connectivity index is 1.53. The first kappa shape index (κ1) is 17.9. The number of nitrogens with one attached hydrogen (secondary N) is 1. The molecule has 2 heterocycles. The molecule has 2 aromatic heterocycles. The van der Waals surface area contributed by atoms with E-state index in [9.17, 15) is 9.59 Å². The number of benzene rings is 2. The quantitative estimate of drug-likeness (QED) is 0.555. The summed E-state index contributed by atoms with van der Waals surface area (Å²) in [6.45, 7) is 0. The number of amides is 2. The van der Waals surface area contributed by atoms with Gasteiger partial charge in [0.2, 0.25) is 0 Å². The molecule has 0 saturated carbocycles. The van der Waals surface area contributed by atoms with Crippen molar-refractivity contribution >= 4 is 39.1 Å². The second-order valence-corrected chi connectivity index (χ2v) is 7.42. The molecule has 0 radical (unpaired) electrons. The van der Waals surface area contributed by atoms with Crippen molar-refractivity contribution in [3.8, 4) is 10.8 Å². The Bertz CT molecular complexity index is 1140. The monoisotopic (exact) mass is 391 g/mol. The Kier molecular flexibility index (Phi) is 4.67. The second-order valence-electron chi connectivity index (χ2n) is 6.39. The van der Waals surface area contributed by atoms with Crippen LogP contribution in [0.1, 0.15) is 20.9 Å². The molecule has 140 valence electrons. The van der Waals surface area contributed by atoms with Crippen LogP contribution < -0.4 is 5.32 Å². The molecule has 0 aliphatic rings. The van der Waals surface area contributed by atoms with Crippen LogP contribution in [0.3, 0.4) is 0 Å². The number of nitrogens with zero attached hydrogens (tertiary/aromatic N) is 2. The third kappa shape index (κ3) is 3.52. The fourth-order valence-electron chi connectivity index (χ4n) is 2.73. The van der Waals surface area contributed by atoms with E-state index in [-0.39, 0.29) is 17.6 Å². The number of aromatic nitrogens is 1. The fraction of sp³-hybridized carbons (Fsp3) is 0.0952. The van der Waals surface area contributed by atoms with E-state index in [1.54, 1.807) is 50.5 Å². The van der Waals surface area contributed by atoms with Crippen molar-refractivity contribution < 1.29 is 14.0 Å². The van der Waals surface area contributed by atoms with Crippen LogP contribution in [0.2, 0.25) is 0 Å². The van der Waals surface area contributed by atoms with Gasteiger partial charge < -0.3 is 14.6 Å². The maximum Gasteiger partial charge on any atom is 0.291 e. The number of hydrogen-bond donors (Lipinski definition) is 1. The van der Waals surface area contributed by atoms with Gasteiger partial charge in [-0.15, -0.1) is 11.3 Å².